The minimum Gasteiger partial charge on any atom is -0.479 e. The van der Waals surface area contributed by atoms with E-state index in [1.807, 2.05) is 0 Å². The van der Waals surface area contributed by atoms with E-state index < -0.39 is 151 Å². The molecule has 4 aliphatic heterocycles. The molecule has 0 spiro atoms. The second-order valence-corrected chi connectivity index (χ2v) is 21.5. The third-order valence-electron chi connectivity index (χ3n) is 14.9. The normalized spacial score (nSPS) is 27.2. The highest BCUT2D eigenvalue weighted by Gasteiger charge is 2.47. The molecule has 4 fully saturated rings. The summed E-state index contributed by atoms with van der Waals surface area (Å²) in [5.41, 5.74) is 10.9. The number of carbonyl (C=O) groups is 11. The number of esters is 2. The van der Waals surface area contributed by atoms with E-state index in [1.165, 1.54) is 16.7 Å². The maximum atomic E-state index is 14.5. The Hall–Kier alpha value is -6.72. The average Bonchev–Trinajstić information content (AvgIpc) is 4.25. The topological polar surface area (TPSA) is 442 Å². The van der Waals surface area contributed by atoms with E-state index in [2.05, 4.69) is 50.2 Å². The molecule has 4 saturated heterocycles. The molecular formula is C52H85N11O18. The fourth-order valence-corrected chi connectivity index (χ4v) is 10.5. The molecule has 4 heterocycles. The summed E-state index contributed by atoms with van der Waals surface area (Å²) < 4.78 is 10.5. The van der Waals surface area contributed by atoms with Crippen LogP contribution in [0.15, 0.2) is 4.99 Å². The Morgan fingerprint density at radius 3 is 1.72 bits per heavy atom. The van der Waals surface area contributed by atoms with Crippen molar-refractivity contribution in [2.24, 2.45) is 22.4 Å². The lowest BCUT2D eigenvalue weighted by molar-refractivity contribution is -0.166. The number of nitrogens with two attached hydrogens (primary N) is 2. The van der Waals surface area contributed by atoms with Gasteiger partial charge in [-0.15, -0.1) is 0 Å². The lowest BCUT2D eigenvalue weighted by atomic mass is 10.0. The Morgan fingerprint density at radius 1 is 0.630 bits per heavy atom. The lowest BCUT2D eigenvalue weighted by Gasteiger charge is -2.34. The third kappa shape index (κ3) is 19.5. The second-order valence-electron chi connectivity index (χ2n) is 21.5. The van der Waals surface area contributed by atoms with E-state index in [9.17, 15) is 78.3 Å². The van der Waals surface area contributed by atoms with E-state index in [1.54, 1.807) is 0 Å². The predicted octanol–water partition coefficient (Wildman–Crippen LogP) is -3.73. The number of unbranched alkanes of at least 4 members (excludes halogenated alkanes) is 6. The maximum absolute atomic E-state index is 14.5. The number of ether oxygens (including phenoxy) is 2. The molecular weight excluding hydrogens is 1070 g/mol. The number of methoxy groups -OCH3 is 1. The number of carboxylic acids is 1. The predicted molar refractivity (Wildman–Crippen MR) is 285 cm³/mol. The van der Waals surface area contributed by atoms with Crippen LogP contribution >= 0.6 is 0 Å². The Balaban J connectivity index is 1.77. The van der Waals surface area contributed by atoms with Crippen LogP contribution in [0.1, 0.15) is 136 Å². The number of carbonyl (C=O) groups excluding carboxylic acids is 10. The number of aliphatic hydroxyl groups is 4. The molecule has 29 nitrogen and oxygen atoms in total. The van der Waals surface area contributed by atoms with Crippen LogP contribution in [0.3, 0.4) is 0 Å². The fraction of sp³-hybridized carbons (Fsp3) is 0.769. The number of guanidine groups is 1. The highest BCUT2D eigenvalue weighted by Crippen LogP contribution is 2.27. The first-order chi connectivity index (χ1) is 38.4. The molecule has 456 valence electrons. The molecule has 0 aromatic rings. The van der Waals surface area contributed by atoms with Gasteiger partial charge in [-0.3, -0.25) is 43.3 Å². The molecule has 0 unspecified atom stereocenters. The monoisotopic (exact) mass is 1150 g/mol. The molecule has 4 aliphatic rings. The summed E-state index contributed by atoms with van der Waals surface area (Å²) in [6.45, 7) is 4.12. The lowest BCUT2D eigenvalue weighted by Crippen LogP contribution is -2.63. The van der Waals surface area contributed by atoms with Crippen LogP contribution in [0.4, 0.5) is 0 Å². The SMILES string of the molecule is COC(=O)[C@@H](O)[C@@H]1NC(=O)[C@@H]2CCCN2C(=O)[C@H](CO)NC(=O)[C@H]([C@H](O)C(=O)O)NC(=O)[C@H](CCCN=C(N)N)NC(=O)[C@@H]2CCCN2C(=O)[C@@H]2CCCN2C(=O)[C@H]([C@@H](C)O)NC(=O)C[C@H](CCCCCCCCCC(C)C)OC1=O. The van der Waals surface area contributed by atoms with Crippen molar-refractivity contribution < 1.29 is 87.7 Å². The number of aliphatic carboxylic acids is 1. The fourth-order valence-electron chi connectivity index (χ4n) is 10.5. The van der Waals surface area contributed by atoms with E-state index in [4.69, 9.17) is 16.2 Å². The average molecular weight is 1150 g/mol. The van der Waals surface area contributed by atoms with Crippen LogP contribution in [-0.4, -0.2) is 224 Å². The van der Waals surface area contributed by atoms with Gasteiger partial charge in [0.1, 0.15) is 48.4 Å². The first kappa shape index (κ1) is 66.8. The molecule has 14 N–H and O–H groups in total. The second kappa shape index (κ2) is 32.7. The van der Waals surface area contributed by atoms with Gasteiger partial charge in [0, 0.05) is 26.2 Å². The number of cyclic esters (lactones) is 1. The smallest absolute Gasteiger partial charge is 0.337 e. The highest BCUT2D eigenvalue weighted by atomic mass is 16.6. The molecule has 81 heavy (non-hydrogen) atoms. The Labute approximate surface area is 470 Å². The number of nitrogens with zero attached hydrogens (tertiary/aromatic N) is 4. The van der Waals surface area contributed by atoms with Gasteiger partial charge in [0.25, 0.3) is 0 Å². The van der Waals surface area contributed by atoms with Crippen LogP contribution in [-0.2, 0) is 62.2 Å². The van der Waals surface area contributed by atoms with Crippen molar-refractivity contribution in [2.75, 3.05) is 39.9 Å². The number of fused-ring (bicyclic) bond motifs is 3. The Bertz CT molecular complexity index is 2250. The van der Waals surface area contributed by atoms with Crippen molar-refractivity contribution in [1.29, 1.82) is 0 Å². The molecule has 12 atom stereocenters. The zero-order valence-corrected chi connectivity index (χ0v) is 46.8. The zero-order chi connectivity index (χ0) is 60.1. The van der Waals surface area contributed by atoms with Crippen molar-refractivity contribution >= 4 is 71.1 Å². The number of aliphatic imine (C=N–C) groups is 1. The number of carboxylic acid groups (broad SMARTS) is 1. The standard InChI is InChI=1S/C52H85N11O18/c1-28(2)16-10-8-6-5-7-9-11-17-30-26-36(66)58-37(29(3)65)48(75)63-25-15-21-35(63)47(74)62-24-14-19-33(62)43(70)56-31(18-12-22-55-52(53)54)42(69)59-38(40(67)49(76)77)45(72)57-32(27-64)46(73)61-23-13-20-34(61)44(71)60-39(50(78)81-30)41(68)51(79)80-4/h28-35,37-41,64-65,67-68H,5-27H2,1-4H3,(H,56,70)(H,57,72)(H,58,66)(H,59,69)(H,60,71)(H,76,77)(H4,53,54,55)/t29-,30+,31+,32+,33+,34+,35+,37+,38+,39+,40+,41+/m1/s1. The number of nitrogens with one attached hydrogen (secondary N) is 5. The molecule has 4 rings (SSSR count). The van der Waals surface area contributed by atoms with Crippen molar-refractivity contribution in [2.45, 2.75) is 209 Å². The van der Waals surface area contributed by atoms with Crippen LogP contribution in [0, 0.1) is 5.92 Å². The van der Waals surface area contributed by atoms with Crippen LogP contribution in [0.2, 0.25) is 0 Å². The summed E-state index contributed by atoms with van der Waals surface area (Å²) in [6, 6.07) is -13.8. The number of rotatable bonds is 20. The van der Waals surface area contributed by atoms with Gasteiger partial charge in [0.15, 0.2) is 24.2 Å². The number of hydrogen-bond donors (Lipinski definition) is 12. The summed E-state index contributed by atoms with van der Waals surface area (Å²) in [5.74, 6) is -12.8. The number of hydrogen-bond acceptors (Lipinski definition) is 18. The van der Waals surface area contributed by atoms with E-state index in [-0.39, 0.29) is 77.1 Å². The largest absolute Gasteiger partial charge is 0.479 e. The highest BCUT2D eigenvalue weighted by molar-refractivity contribution is 6.00. The molecule has 8 amide bonds. The van der Waals surface area contributed by atoms with E-state index in [0.29, 0.717) is 31.6 Å². The van der Waals surface area contributed by atoms with Gasteiger partial charge in [-0.25, -0.2) is 14.4 Å². The van der Waals surface area contributed by atoms with Gasteiger partial charge in [-0.2, -0.15) is 0 Å². The minimum absolute atomic E-state index is 0.00315. The molecule has 0 aromatic heterocycles. The van der Waals surface area contributed by atoms with Crippen LogP contribution in [0.25, 0.3) is 0 Å². The number of amides is 8. The minimum atomic E-state index is -2.71. The van der Waals surface area contributed by atoms with E-state index >= 15 is 0 Å². The van der Waals surface area contributed by atoms with Gasteiger partial charge in [-0.1, -0.05) is 58.8 Å². The summed E-state index contributed by atoms with van der Waals surface area (Å²) >= 11 is 0. The molecule has 0 saturated carbocycles. The van der Waals surface area contributed by atoms with Gasteiger partial charge >= 0.3 is 17.9 Å². The molecule has 0 aromatic carbocycles. The summed E-state index contributed by atoms with van der Waals surface area (Å²) in [5, 5.41) is 64.8. The first-order valence-corrected chi connectivity index (χ1v) is 28.1. The summed E-state index contributed by atoms with van der Waals surface area (Å²) in [4.78, 5) is 160. The van der Waals surface area contributed by atoms with Crippen molar-refractivity contribution in [3.8, 4) is 0 Å². The van der Waals surface area contributed by atoms with E-state index in [0.717, 1.165) is 50.5 Å². The van der Waals surface area contributed by atoms with Crippen molar-refractivity contribution in [1.82, 2.24) is 41.3 Å². The third-order valence-corrected chi connectivity index (χ3v) is 14.9. The molecule has 29 heteroatoms. The van der Waals surface area contributed by atoms with Crippen molar-refractivity contribution in [3.05, 3.63) is 0 Å². The van der Waals surface area contributed by atoms with Crippen LogP contribution in [0.5, 0.6) is 0 Å². The Kier molecular flexibility index (Phi) is 26.9. The first-order valence-electron chi connectivity index (χ1n) is 28.1. The molecule has 0 radical (unpaired) electrons. The Morgan fingerprint density at radius 2 is 1.16 bits per heavy atom. The van der Waals surface area contributed by atoms with Gasteiger partial charge in [0.05, 0.1) is 26.2 Å². The zero-order valence-electron chi connectivity index (χ0n) is 46.8. The summed E-state index contributed by atoms with van der Waals surface area (Å²) in [6.07, 6.45) is -1.06. The van der Waals surface area contributed by atoms with Crippen molar-refractivity contribution in [3.63, 3.8) is 0 Å². The van der Waals surface area contributed by atoms with Crippen LogP contribution < -0.4 is 38.1 Å². The quantitative estimate of drug-likeness (QED) is 0.0241. The molecule has 0 aliphatic carbocycles. The molecule has 0 bridgehead atoms. The van der Waals surface area contributed by atoms with Gasteiger partial charge < -0.3 is 87.8 Å². The van der Waals surface area contributed by atoms with Gasteiger partial charge in [0.2, 0.25) is 47.3 Å². The number of aliphatic hydroxyl groups excluding tert-OH is 4. The summed E-state index contributed by atoms with van der Waals surface area (Å²) in [7, 11) is 0.894. The van der Waals surface area contributed by atoms with Gasteiger partial charge in [-0.05, 0) is 77.0 Å². The maximum Gasteiger partial charge on any atom is 0.337 e.